The average Bonchev–Trinajstić information content (AvgIpc) is 2.32. The molecule has 1 aliphatic rings. The Labute approximate surface area is 104 Å². The van der Waals surface area contributed by atoms with Crippen molar-refractivity contribution in [3.05, 3.63) is 33.3 Å². The van der Waals surface area contributed by atoms with Gasteiger partial charge in [-0.1, -0.05) is 29.3 Å². The van der Waals surface area contributed by atoms with Gasteiger partial charge in [0.05, 0.1) is 17.2 Å². The molecule has 1 atom stereocenters. The minimum atomic E-state index is -0.339. The highest BCUT2D eigenvalue weighted by molar-refractivity contribution is 6.42. The van der Waals surface area contributed by atoms with Crippen molar-refractivity contribution >= 4 is 29.2 Å². The maximum absolute atomic E-state index is 11.4. The lowest BCUT2D eigenvalue weighted by Gasteiger charge is -2.25. The van der Waals surface area contributed by atoms with Gasteiger partial charge in [-0.2, -0.15) is 0 Å². The number of rotatable bonds is 1. The number of halogens is 2. The molecule has 1 aliphatic heterocycles. The highest BCUT2D eigenvalue weighted by atomic mass is 35.5. The fourth-order valence-corrected chi connectivity index (χ4v) is 2.28. The summed E-state index contributed by atoms with van der Waals surface area (Å²) < 4.78 is 4.70. The molecule has 0 saturated carbocycles. The van der Waals surface area contributed by atoms with Crippen molar-refractivity contribution in [3.8, 4) is 0 Å². The summed E-state index contributed by atoms with van der Waals surface area (Å²) >= 11 is 12.1. The highest BCUT2D eigenvalue weighted by Crippen LogP contribution is 2.31. The third kappa shape index (κ3) is 2.03. The number of carbonyl (C=O) groups is 1. The predicted octanol–water partition coefficient (Wildman–Crippen LogP) is 2.18. The molecule has 0 amide bonds. The summed E-state index contributed by atoms with van der Waals surface area (Å²) in [6, 6.07) is 3.35. The van der Waals surface area contributed by atoms with Crippen LogP contribution >= 0.6 is 23.2 Å². The Kier molecular flexibility index (Phi) is 3.38. The van der Waals surface area contributed by atoms with Crippen LogP contribution in [0.5, 0.6) is 0 Å². The van der Waals surface area contributed by atoms with E-state index in [1.54, 1.807) is 6.07 Å². The monoisotopic (exact) mass is 259 g/mol. The molecule has 0 radical (unpaired) electrons. The first-order chi connectivity index (χ1) is 7.63. The van der Waals surface area contributed by atoms with Gasteiger partial charge in [-0.3, -0.25) is 4.79 Å². The second kappa shape index (κ2) is 4.62. The van der Waals surface area contributed by atoms with Crippen LogP contribution in [-0.4, -0.2) is 19.1 Å². The zero-order valence-corrected chi connectivity index (χ0v) is 10.2. The summed E-state index contributed by atoms with van der Waals surface area (Å²) in [4.78, 5) is 11.4. The Hall–Kier alpha value is -0.770. The van der Waals surface area contributed by atoms with E-state index in [1.165, 1.54) is 7.11 Å². The zero-order valence-electron chi connectivity index (χ0n) is 8.72. The van der Waals surface area contributed by atoms with Crippen LogP contribution in [0.15, 0.2) is 12.1 Å². The summed E-state index contributed by atoms with van der Waals surface area (Å²) in [5, 5.41) is 4.15. The van der Waals surface area contributed by atoms with E-state index in [2.05, 4.69) is 5.32 Å². The van der Waals surface area contributed by atoms with E-state index < -0.39 is 0 Å². The normalized spacial score (nSPS) is 19.1. The first kappa shape index (κ1) is 11.7. The summed E-state index contributed by atoms with van der Waals surface area (Å²) in [7, 11) is 1.37. The van der Waals surface area contributed by atoms with Gasteiger partial charge in [-0.15, -0.1) is 0 Å². The number of carbonyl (C=O) groups excluding carboxylic acids is 1. The third-order valence-electron chi connectivity index (χ3n) is 2.73. The molecule has 1 aromatic rings. The Morgan fingerprint density at radius 2 is 2.25 bits per heavy atom. The van der Waals surface area contributed by atoms with E-state index in [0.717, 1.165) is 11.1 Å². The molecule has 1 heterocycles. The quantitative estimate of drug-likeness (QED) is 0.786. The van der Waals surface area contributed by atoms with Gasteiger partial charge in [0.15, 0.2) is 0 Å². The molecule has 5 heteroatoms. The van der Waals surface area contributed by atoms with Gasteiger partial charge in [0.25, 0.3) is 0 Å². The van der Waals surface area contributed by atoms with Crippen LogP contribution in [0.3, 0.4) is 0 Å². The van der Waals surface area contributed by atoms with Crippen LogP contribution < -0.4 is 5.32 Å². The molecule has 0 bridgehead atoms. The molecule has 16 heavy (non-hydrogen) atoms. The molecule has 3 nitrogen and oxygen atoms in total. The van der Waals surface area contributed by atoms with E-state index in [0.29, 0.717) is 23.0 Å². The molecule has 0 saturated heterocycles. The zero-order chi connectivity index (χ0) is 11.7. The van der Waals surface area contributed by atoms with Crippen LogP contribution in [0.1, 0.15) is 11.1 Å². The van der Waals surface area contributed by atoms with Crippen LogP contribution in [-0.2, 0) is 22.5 Å². The Balaban J connectivity index is 2.32. The lowest BCUT2D eigenvalue weighted by atomic mass is 9.96. The van der Waals surface area contributed by atoms with Gasteiger partial charge >= 0.3 is 5.97 Å². The smallest absolute Gasteiger partial charge is 0.323 e. The summed E-state index contributed by atoms with van der Waals surface area (Å²) in [5.41, 5.74) is 2.01. The second-order valence-electron chi connectivity index (χ2n) is 3.66. The van der Waals surface area contributed by atoms with Crippen molar-refractivity contribution in [2.45, 2.75) is 19.0 Å². The minimum Gasteiger partial charge on any atom is -0.468 e. The van der Waals surface area contributed by atoms with E-state index in [4.69, 9.17) is 27.9 Å². The number of esters is 1. The second-order valence-corrected chi connectivity index (χ2v) is 4.44. The maximum atomic E-state index is 11.4. The molecule has 0 aromatic heterocycles. The van der Waals surface area contributed by atoms with Crippen molar-refractivity contribution in [1.82, 2.24) is 5.32 Å². The van der Waals surface area contributed by atoms with Crippen molar-refractivity contribution in [2.75, 3.05) is 7.11 Å². The first-order valence-corrected chi connectivity index (χ1v) is 5.66. The first-order valence-electron chi connectivity index (χ1n) is 4.90. The van der Waals surface area contributed by atoms with E-state index in [9.17, 15) is 4.79 Å². The largest absolute Gasteiger partial charge is 0.468 e. The number of benzene rings is 1. The SMILES string of the molecule is COC(=O)C1Cc2c(ccc(Cl)c2Cl)CN1. The fraction of sp³-hybridized carbons (Fsp3) is 0.364. The number of fused-ring (bicyclic) bond motifs is 1. The highest BCUT2D eigenvalue weighted by Gasteiger charge is 2.26. The lowest BCUT2D eigenvalue weighted by molar-refractivity contribution is -0.143. The molecule has 1 unspecified atom stereocenters. The number of hydrogen-bond acceptors (Lipinski definition) is 3. The Bertz CT molecular complexity index is 434. The van der Waals surface area contributed by atoms with Crippen molar-refractivity contribution < 1.29 is 9.53 Å². The molecule has 1 aromatic carbocycles. The molecular formula is C11H11Cl2NO2. The molecular weight excluding hydrogens is 249 g/mol. The summed E-state index contributed by atoms with van der Waals surface area (Å²) in [6.45, 7) is 0.603. The van der Waals surface area contributed by atoms with Crippen LogP contribution in [0.4, 0.5) is 0 Å². The van der Waals surface area contributed by atoms with Crippen molar-refractivity contribution in [1.29, 1.82) is 0 Å². The van der Waals surface area contributed by atoms with E-state index in [1.807, 2.05) is 6.07 Å². The summed E-state index contributed by atoms with van der Waals surface area (Å²) in [6.07, 6.45) is 0.515. The topological polar surface area (TPSA) is 38.3 Å². The minimum absolute atomic E-state index is 0.276. The van der Waals surface area contributed by atoms with Gasteiger partial charge in [-0.05, 0) is 17.2 Å². The van der Waals surface area contributed by atoms with Gasteiger partial charge in [0.2, 0.25) is 0 Å². The molecule has 86 valence electrons. The molecule has 0 aliphatic carbocycles. The van der Waals surface area contributed by atoms with Crippen molar-refractivity contribution in [2.24, 2.45) is 0 Å². The molecule has 1 N–H and O–H groups in total. The number of nitrogens with one attached hydrogen (secondary N) is 1. The fourth-order valence-electron chi connectivity index (χ4n) is 1.84. The number of ether oxygens (including phenoxy) is 1. The van der Waals surface area contributed by atoms with Gasteiger partial charge in [-0.25, -0.2) is 0 Å². The van der Waals surface area contributed by atoms with E-state index in [-0.39, 0.29) is 12.0 Å². The number of methoxy groups -OCH3 is 1. The van der Waals surface area contributed by atoms with Crippen LogP contribution in [0.2, 0.25) is 10.0 Å². The lowest BCUT2D eigenvalue weighted by Crippen LogP contribution is -2.42. The molecule has 0 fully saturated rings. The predicted molar refractivity (Wildman–Crippen MR) is 62.8 cm³/mol. The van der Waals surface area contributed by atoms with Gasteiger partial charge in [0, 0.05) is 13.0 Å². The average molecular weight is 260 g/mol. The number of hydrogen-bond donors (Lipinski definition) is 1. The van der Waals surface area contributed by atoms with Crippen LogP contribution in [0.25, 0.3) is 0 Å². The maximum Gasteiger partial charge on any atom is 0.323 e. The summed E-state index contributed by atoms with van der Waals surface area (Å²) in [5.74, 6) is -0.276. The van der Waals surface area contributed by atoms with Crippen molar-refractivity contribution in [3.63, 3.8) is 0 Å². The van der Waals surface area contributed by atoms with Crippen LogP contribution in [0, 0.1) is 0 Å². The molecule has 0 spiro atoms. The van der Waals surface area contributed by atoms with Gasteiger partial charge < -0.3 is 10.1 Å². The molecule has 2 rings (SSSR count). The van der Waals surface area contributed by atoms with Gasteiger partial charge in [0.1, 0.15) is 6.04 Å². The standard InChI is InChI=1S/C11H11Cl2NO2/c1-16-11(15)9-4-7-6(5-14-9)2-3-8(12)10(7)13/h2-3,9,14H,4-5H2,1H3. The Morgan fingerprint density at radius 1 is 1.50 bits per heavy atom. The van der Waals surface area contributed by atoms with E-state index >= 15 is 0 Å². The Morgan fingerprint density at radius 3 is 2.94 bits per heavy atom. The third-order valence-corrected chi connectivity index (χ3v) is 3.57.